The monoisotopic (exact) mass is 429 g/mol. The molecular weight excluding hydrogens is 406 g/mol. The van der Waals surface area contributed by atoms with E-state index in [4.69, 9.17) is 16.6 Å². The number of nitrogens with one attached hydrogen (secondary N) is 2. The minimum absolute atomic E-state index is 0.0891. The predicted molar refractivity (Wildman–Crippen MR) is 121 cm³/mol. The summed E-state index contributed by atoms with van der Waals surface area (Å²) in [6.45, 7) is 7.61. The molecule has 0 unspecified atom stereocenters. The van der Waals surface area contributed by atoms with Gasteiger partial charge in [-0.1, -0.05) is 50.0 Å². The van der Waals surface area contributed by atoms with Crippen molar-refractivity contribution in [1.29, 1.82) is 0 Å². The fourth-order valence-electron chi connectivity index (χ4n) is 2.89. The Bertz CT molecular complexity index is 931. The van der Waals surface area contributed by atoms with E-state index in [-0.39, 0.29) is 11.8 Å². The van der Waals surface area contributed by atoms with Crippen molar-refractivity contribution in [2.45, 2.75) is 13.8 Å². The zero-order valence-corrected chi connectivity index (χ0v) is 18.0. The first-order valence-electron chi connectivity index (χ1n) is 9.45. The Kier molecular flexibility index (Phi) is 7.24. The van der Waals surface area contributed by atoms with E-state index in [1.54, 1.807) is 24.3 Å². The topological polar surface area (TPSA) is 74.6 Å². The molecule has 1 aromatic heterocycles. The number of hydrogen-bond acceptors (Lipinski definition) is 6. The van der Waals surface area contributed by atoms with Gasteiger partial charge in [0.2, 0.25) is 0 Å². The number of hydrogen-bond donors (Lipinski definition) is 2. The number of benzene rings is 1. The number of likely N-dealkylation sites (N-methyl/N-ethyl adjacent to an activating group) is 1. The maximum absolute atomic E-state index is 12.3. The van der Waals surface area contributed by atoms with Gasteiger partial charge < -0.3 is 20.0 Å². The lowest BCUT2D eigenvalue weighted by molar-refractivity contribution is -0.115. The van der Waals surface area contributed by atoms with E-state index >= 15 is 0 Å². The zero-order valence-electron chi connectivity index (χ0n) is 16.4. The van der Waals surface area contributed by atoms with Crippen LogP contribution in [-0.4, -0.2) is 47.2 Å². The number of carbonyl (C=O) groups is 2. The van der Waals surface area contributed by atoms with Crippen LogP contribution in [-0.2, 0) is 4.79 Å². The summed E-state index contributed by atoms with van der Waals surface area (Å²) < 4.78 is 6.26. The number of furan rings is 1. The molecule has 0 saturated carbocycles. The van der Waals surface area contributed by atoms with Crippen molar-refractivity contribution < 1.29 is 14.0 Å². The number of amides is 2. The lowest BCUT2D eigenvalue weighted by atomic mass is 10.1. The predicted octanol–water partition coefficient (Wildman–Crippen LogP) is 3.51. The van der Waals surface area contributed by atoms with Crippen molar-refractivity contribution in [2.75, 3.05) is 26.2 Å². The van der Waals surface area contributed by atoms with E-state index in [2.05, 4.69) is 29.4 Å². The van der Waals surface area contributed by atoms with E-state index < -0.39 is 0 Å². The molecule has 0 spiro atoms. The van der Waals surface area contributed by atoms with Crippen LogP contribution >= 0.6 is 24.0 Å². The molecule has 1 aliphatic rings. The highest BCUT2D eigenvalue weighted by Crippen LogP contribution is 2.28. The third-order valence-electron chi connectivity index (χ3n) is 4.58. The van der Waals surface area contributed by atoms with Crippen LogP contribution in [0.3, 0.4) is 0 Å². The largest absolute Gasteiger partial charge is 0.457 e. The molecule has 2 heterocycles. The molecule has 1 aliphatic heterocycles. The number of thioether (sulfide) groups is 1. The molecule has 29 heavy (non-hydrogen) atoms. The maximum Gasteiger partial charge on any atom is 0.263 e. The molecule has 0 bridgehead atoms. The van der Waals surface area contributed by atoms with Crippen LogP contribution < -0.4 is 10.6 Å². The summed E-state index contributed by atoms with van der Waals surface area (Å²) in [7, 11) is 0. The molecule has 1 aromatic carbocycles. The summed E-state index contributed by atoms with van der Waals surface area (Å²) in [5.41, 5.74) is 1.46. The van der Waals surface area contributed by atoms with Crippen LogP contribution in [0, 0.1) is 0 Å². The number of carbonyl (C=O) groups excluding carboxylic acids is 2. The second-order valence-electron chi connectivity index (χ2n) is 6.41. The minimum atomic E-state index is -0.214. The molecule has 0 radical (unpaired) electrons. The Hall–Kier alpha value is -2.42. The molecule has 2 amide bonds. The van der Waals surface area contributed by atoms with Crippen LogP contribution in [0.25, 0.3) is 17.4 Å². The second kappa shape index (κ2) is 9.87. The van der Waals surface area contributed by atoms with Crippen LogP contribution in [0.5, 0.6) is 0 Å². The summed E-state index contributed by atoms with van der Waals surface area (Å²) in [5.74, 6) is 0.931. The number of rotatable bonds is 8. The van der Waals surface area contributed by atoms with Gasteiger partial charge in [0.15, 0.2) is 0 Å². The van der Waals surface area contributed by atoms with Gasteiger partial charge in [0, 0.05) is 30.3 Å². The molecule has 3 rings (SSSR count). The van der Waals surface area contributed by atoms with Crippen molar-refractivity contribution in [1.82, 2.24) is 15.5 Å². The van der Waals surface area contributed by atoms with Gasteiger partial charge in [-0.05, 0) is 37.4 Å². The molecule has 8 heteroatoms. The van der Waals surface area contributed by atoms with Crippen LogP contribution in [0.4, 0.5) is 0 Å². The molecule has 2 N–H and O–H groups in total. The van der Waals surface area contributed by atoms with Crippen molar-refractivity contribution in [2.24, 2.45) is 0 Å². The van der Waals surface area contributed by atoms with E-state index in [0.717, 1.165) is 25.2 Å². The Morgan fingerprint density at radius 3 is 2.55 bits per heavy atom. The van der Waals surface area contributed by atoms with Crippen molar-refractivity contribution >= 4 is 46.2 Å². The molecule has 2 aromatic rings. The fourth-order valence-corrected chi connectivity index (χ4v) is 3.92. The molecular formula is C21H23N3O3S2. The van der Waals surface area contributed by atoms with Gasteiger partial charge in [-0.3, -0.25) is 9.59 Å². The molecule has 1 fully saturated rings. The number of nitrogens with zero attached hydrogens (tertiary/aromatic N) is 1. The Morgan fingerprint density at radius 2 is 1.93 bits per heavy atom. The van der Waals surface area contributed by atoms with Gasteiger partial charge in [0.25, 0.3) is 11.8 Å². The first kappa shape index (κ1) is 21.3. The third-order valence-corrected chi connectivity index (χ3v) is 5.74. The Balaban J connectivity index is 1.61. The van der Waals surface area contributed by atoms with E-state index in [1.165, 1.54) is 11.8 Å². The van der Waals surface area contributed by atoms with E-state index in [9.17, 15) is 9.59 Å². The zero-order chi connectivity index (χ0) is 20.8. The lowest BCUT2D eigenvalue weighted by Crippen LogP contribution is -2.34. The lowest BCUT2D eigenvalue weighted by Gasteiger charge is -2.17. The molecule has 1 saturated heterocycles. The van der Waals surface area contributed by atoms with Crippen molar-refractivity contribution in [3.8, 4) is 11.3 Å². The van der Waals surface area contributed by atoms with Crippen LogP contribution in [0.2, 0.25) is 0 Å². The average molecular weight is 430 g/mol. The quantitative estimate of drug-likeness (QED) is 0.494. The maximum atomic E-state index is 12.3. The molecule has 0 aliphatic carbocycles. The van der Waals surface area contributed by atoms with E-state index in [1.807, 2.05) is 18.2 Å². The standard InChI is InChI=1S/C21H23N3O3S2/c1-3-24(4-2)12-11-22-19(25)15-7-5-14(6-8-15)17-10-9-16(27-17)13-18-20(26)23-21(28)29-18/h5-10,13H,3-4,11-12H2,1-2H3,(H,22,25)(H,23,26,28). The summed E-state index contributed by atoms with van der Waals surface area (Å²) in [6, 6.07) is 10.9. The average Bonchev–Trinajstić information content (AvgIpc) is 3.31. The highest BCUT2D eigenvalue weighted by molar-refractivity contribution is 8.26. The van der Waals surface area contributed by atoms with Crippen LogP contribution in [0.1, 0.15) is 30.0 Å². The van der Waals surface area contributed by atoms with Crippen LogP contribution in [0.15, 0.2) is 45.7 Å². The highest BCUT2D eigenvalue weighted by Gasteiger charge is 2.22. The fraction of sp³-hybridized carbons (Fsp3) is 0.286. The van der Waals surface area contributed by atoms with Crippen molar-refractivity contribution in [3.63, 3.8) is 0 Å². The normalized spacial score (nSPS) is 15.2. The first-order chi connectivity index (χ1) is 14.0. The molecule has 152 valence electrons. The van der Waals surface area contributed by atoms with Crippen molar-refractivity contribution in [3.05, 3.63) is 52.6 Å². The summed E-state index contributed by atoms with van der Waals surface area (Å²) >= 11 is 6.19. The smallest absolute Gasteiger partial charge is 0.263 e. The molecule has 6 nitrogen and oxygen atoms in total. The first-order valence-corrected chi connectivity index (χ1v) is 10.7. The SMILES string of the molecule is CCN(CC)CCNC(=O)c1ccc(-c2ccc(C=C3SC(=S)NC3=O)o2)cc1. The third kappa shape index (κ3) is 5.56. The van der Waals surface area contributed by atoms with Gasteiger partial charge >= 0.3 is 0 Å². The van der Waals surface area contributed by atoms with Gasteiger partial charge in [-0.2, -0.15) is 0 Å². The molecule has 0 atom stereocenters. The van der Waals surface area contributed by atoms with Gasteiger partial charge in [-0.25, -0.2) is 0 Å². The Labute approximate surface area is 179 Å². The summed E-state index contributed by atoms with van der Waals surface area (Å²) in [4.78, 5) is 26.8. The number of thiocarbonyl (C=S) groups is 1. The van der Waals surface area contributed by atoms with Gasteiger partial charge in [0.05, 0.1) is 4.91 Å². The summed E-state index contributed by atoms with van der Waals surface area (Å²) in [5, 5.41) is 5.52. The summed E-state index contributed by atoms with van der Waals surface area (Å²) in [6.07, 6.45) is 1.67. The second-order valence-corrected chi connectivity index (χ2v) is 8.13. The highest BCUT2D eigenvalue weighted by atomic mass is 32.2. The van der Waals surface area contributed by atoms with Gasteiger partial charge in [-0.15, -0.1) is 0 Å². The van der Waals surface area contributed by atoms with Gasteiger partial charge in [0.1, 0.15) is 15.8 Å². The Morgan fingerprint density at radius 1 is 1.21 bits per heavy atom. The minimum Gasteiger partial charge on any atom is -0.457 e. The van der Waals surface area contributed by atoms with E-state index in [0.29, 0.717) is 32.9 Å².